The zero-order chi connectivity index (χ0) is 18.9. The van der Waals surface area contributed by atoms with Crippen LogP contribution in [0.25, 0.3) is 0 Å². The van der Waals surface area contributed by atoms with E-state index >= 15 is 0 Å². The Morgan fingerprint density at radius 2 is 1.75 bits per heavy atom. The Balaban J connectivity index is 0.00000225. The number of hydrogen-bond donors (Lipinski definition) is 3. The smallest absolute Gasteiger partial charge is 0.228 e. The van der Waals surface area contributed by atoms with Gasteiger partial charge in [0.25, 0.3) is 0 Å². The lowest BCUT2D eigenvalue weighted by Gasteiger charge is -2.23. The van der Waals surface area contributed by atoms with Crippen LogP contribution in [0.1, 0.15) is 51.4 Å². The first-order valence-corrected chi connectivity index (χ1v) is 10.2. The second-order valence-corrected chi connectivity index (χ2v) is 8.38. The van der Waals surface area contributed by atoms with Gasteiger partial charge < -0.3 is 16.0 Å². The van der Waals surface area contributed by atoms with Crippen molar-refractivity contribution in [1.29, 1.82) is 0 Å². The molecule has 1 spiro atoms. The number of rotatable bonds is 4. The van der Waals surface area contributed by atoms with Crippen molar-refractivity contribution in [2.45, 2.75) is 51.4 Å². The molecule has 2 amide bonds. The first kappa shape index (κ1) is 21.1. The van der Waals surface area contributed by atoms with Crippen molar-refractivity contribution in [3.05, 3.63) is 24.0 Å². The van der Waals surface area contributed by atoms with Gasteiger partial charge in [0.2, 0.25) is 11.8 Å². The van der Waals surface area contributed by atoms with Gasteiger partial charge in [-0.3, -0.25) is 9.59 Å². The van der Waals surface area contributed by atoms with Gasteiger partial charge in [-0.15, -0.1) is 12.4 Å². The van der Waals surface area contributed by atoms with Crippen LogP contribution >= 0.6 is 12.4 Å². The molecule has 7 heteroatoms. The van der Waals surface area contributed by atoms with E-state index in [9.17, 15) is 14.0 Å². The van der Waals surface area contributed by atoms with Gasteiger partial charge >= 0.3 is 0 Å². The van der Waals surface area contributed by atoms with Crippen LogP contribution in [0.4, 0.5) is 15.8 Å². The third-order valence-electron chi connectivity index (χ3n) is 6.57. The molecule has 154 valence electrons. The first-order valence-electron chi connectivity index (χ1n) is 10.2. The molecule has 1 aromatic rings. The van der Waals surface area contributed by atoms with Crippen LogP contribution in [0.15, 0.2) is 18.2 Å². The zero-order valence-corrected chi connectivity index (χ0v) is 16.9. The summed E-state index contributed by atoms with van der Waals surface area (Å²) in [5, 5.41) is 8.98. The maximum Gasteiger partial charge on any atom is 0.228 e. The quantitative estimate of drug-likeness (QED) is 0.701. The zero-order valence-electron chi connectivity index (χ0n) is 16.1. The Morgan fingerprint density at radius 1 is 1.04 bits per heavy atom. The minimum absolute atomic E-state index is 0. The van der Waals surface area contributed by atoms with Crippen molar-refractivity contribution >= 4 is 35.6 Å². The maximum atomic E-state index is 14.2. The largest absolute Gasteiger partial charge is 0.326 e. The Morgan fingerprint density at radius 3 is 2.46 bits per heavy atom. The molecule has 1 atom stereocenters. The normalized spacial score (nSPS) is 23.5. The highest BCUT2D eigenvalue weighted by Crippen LogP contribution is 2.58. The summed E-state index contributed by atoms with van der Waals surface area (Å²) in [4.78, 5) is 25.0. The van der Waals surface area contributed by atoms with Crippen LogP contribution in [0, 0.1) is 23.1 Å². The summed E-state index contributed by atoms with van der Waals surface area (Å²) < 4.78 is 14.2. The molecule has 3 fully saturated rings. The van der Waals surface area contributed by atoms with Gasteiger partial charge in [-0.1, -0.05) is 19.3 Å². The summed E-state index contributed by atoms with van der Waals surface area (Å²) in [6, 6.07) is 4.39. The van der Waals surface area contributed by atoms with Crippen molar-refractivity contribution in [1.82, 2.24) is 5.32 Å². The average molecular weight is 410 g/mol. The van der Waals surface area contributed by atoms with E-state index in [1.807, 2.05) is 0 Å². The second-order valence-electron chi connectivity index (χ2n) is 8.38. The summed E-state index contributed by atoms with van der Waals surface area (Å²) in [7, 11) is 0. The number of carbonyl (C=O) groups excluding carboxylic acids is 2. The molecule has 3 N–H and O–H groups in total. The van der Waals surface area contributed by atoms with Crippen LogP contribution in [0.5, 0.6) is 0 Å². The molecule has 1 aromatic carbocycles. The SMILES string of the molecule is Cl.O=C(Nc1cc(NC(=O)C2CC23CCNCC3)ccc1F)C1CCCCC1. The minimum Gasteiger partial charge on any atom is -0.326 e. The summed E-state index contributed by atoms with van der Waals surface area (Å²) >= 11 is 0. The van der Waals surface area contributed by atoms with E-state index in [1.54, 1.807) is 6.07 Å². The molecule has 0 bridgehead atoms. The standard InChI is InChI=1S/C21H28FN3O2.ClH/c22-17-7-6-15(12-18(17)25-19(26)14-4-2-1-3-5-14)24-20(27)16-13-21(16)8-10-23-11-9-21;/h6-7,12,14,16,23H,1-5,8-11,13H2,(H,24,27)(H,25,26);1H. The molecule has 2 aliphatic carbocycles. The Bertz CT molecular complexity index is 730. The number of benzene rings is 1. The summed E-state index contributed by atoms with van der Waals surface area (Å²) in [5.41, 5.74) is 0.847. The fraction of sp³-hybridized carbons (Fsp3) is 0.619. The van der Waals surface area contributed by atoms with E-state index < -0.39 is 5.82 Å². The van der Waals surface area contributed by atoms with Gasteiger partial charge in [0.05, 0.1) is 5.69 Å². The third kappa shape index (κ3) is 4.49. The lowest BCUT2D eigenvalue weighted by Crippen LogP contribution is -2.31. The van der Waals surface area contributed by atoms with Gasteiger partial charge in [-0.2, -0.15) is 0 Å². The van der Waals surface area contributed by atoms with Gasteiger partial charge in [0.15, 0.2) is 0 Å². The molecule has 1 saturated heterocycles. The van der Waals surface area contributed by atoms with Crippen LogP contribution in [-0.4, -0.2) is 24.9 Å². The molecule has 1 heterocycles. The lowest BCUT2D eigenvalue weighted by atomic mass is 9.88. The predicted octanol–water partition coefficient (Wildman–Crippen LogP) is 4.09. The van der Waals surface area contributed by atoms with Gasteiger partial charge in [0, 0.05) is 17.5 Å². The summed E-state index contributed by atoms with van der Waals surface area (Å²) in [5.74, 6) is -0.577. The van der Waals surface area contributed by atoms with Gasteiger partial charge in [0.1, 0.15) is 5.82 Å². The van der Waals surface area contributed by atoms with E-state index in [0.29, 0.717) is 5.69 Å². The third-order valence-corrected chi connectivity index (χ3v) is 6.57. The van der Waals surface area contributed by atoms with E-state index in [2.05, 4.69) is 16.0 Å². The molecule has 1 unspecified atom stereocenters. The summed E-state index contributed by atoms with van der Waals surface area (Å²) in [6.45, 7) is 1.94. The van der Waals surface area contributed by atoms with Crippen molar-refractivity contribution in [2.24, 2.45) is 17.3 Å². The van der Waals surface area contributed by atoms with Gasteiger partial charge in [-0.25, -0.2) is 4.39 Å². The molecule has 1 aliphatic heterocycles. The first-order chi connectivity index (χ1) is 13.1. The van der Waals surface area contributed by atoms with Crippen molar-refractivity contribution < 1.29 is 14.0 Å². The average Bonchev–Trinajstić information content (AvgIpc) is 3.38. The van der Waals surface area contributed by atoms with Crippen molar-refractivity contribution in [2.75, 3.05) is 23.7 Å². The highest BCUT2D eigenvalue weighted by molar-refractivity contribution is 5.97. The molecule has 2 saturated carbocycles. The predicted molar refractivity (Wildman–Crippen MR) is 110 cm³/mol. The molecule has 3 aliphatic rings. The van der Waals surface area contributed by atoms with Crippen LogP contribution < -0.4 is 16.0 Å². The van der Waals surface area contributed by atoms with Crippen molar-refractivity contribution in [3.8, 4) is 0 Å². The van der Waals surface area contributed by atoms with E-state index in [1.165, 1.54) is 18.6 Å². The highest BCUT2D eigenvalue weighted by Gasteiger charge is 2.57. The molecule has 28 heavy (non-hydrogen) atoms. The number of halogens is 2. The van der Waals surface area contributed by atoms with Crippen LogP contribution in [0.3, 0.4) is 0 Å². The Labute approximate surface area is 171 Å². The number of piperidine rings is 1. The second kappa shape index (κ2) is 8.78. The van der Waals surface area contributed by atoms with E-state index in [-0.39, 0.29) is 47.2 Å². The number of anilines is 2. The molecule has 0 aromatic heterocycles. The minimum atomic E-state index is -0.474. The Kier molecular flexibility index (Phi) is 6.61. The Hall–Kier alpha value is -1.66. The monoisotopic (exact) mass is 409 g/mol. The highest BCUT2D eigenvalue weighted by atomic mass is 35.5. The molecule has 0 radical (unpaired) electrons. The van der Waals surface area contributed by atoms with Crippen molar-refractivity contribution in [3.63, 3.8) is 0 Å². The van der Waals surface area contributed by atoms with Crippen LogP contribution in [-0.2, 0) is 9.59 Å². The number of hydrogen-bond acceptors (Lipinski definition) is 3. The number of nitrogens with one attached hydrogen (secondary N) is 3. The van der Waals surface area contributed by atoms with Crippen LogP contribution in [0.2, 0.25) is 0 Å². The van der Waals surface area contributed by atoms with E-state index in [4.69, 9.17) is 0 Å². The number of carbonyl (C=O) groups is 2. The topological polar surface area (TPSA) is 70.2 Å². The van der Waals surface area contributed by atoms with Gasteiger partial charge in [-0.05, 0) is 68.8 Å². The fourth-order valence-electron chi connectivity index (χ4n) is 4.72. The molecule has 4 rings (SSSR count). The molecule has 5 nitrogen and oxygen atoms in total. The maximum absolute atomic E-state index is 14.2. The van der Waals surface area contributed by atoms with E-state index in [0.717, 1.165) is 58.0 Å². The fourth-order valence-corrected chi connectivity index (χ4v) is 4.72. The summed E-state index contributed by atoms with van der Waals surface area (Å²) in [6.07, 6.45) is 8.01. The molecular formula is C21H29ClFN3O2. The lowest BCUT2D eigenvalue weighted by molar-refractivity contribution is -0.121. The molecular weight excluding hydrogens is 381 g/mol. The number of amides is 2.